The van der Waals surface area contributed by atoms with E-state index in [-0.39, 0.29) is 24.3 Å². The van der Waals surface area contributed by atoms with Gasteiger partial charge in [-0.25, -0.2) is 4.39 Å². The summed E-state index contributed by atoms with van der Waals surface area (Å²) >= 11 is 0. The fourth-order valence-electron chi connectivity index (χ4n) is 1.79. The first-order chi connectivity index (χ1) is 8.99. The Morgan fingerprint density at radius 3 is 2.68 bits per heavy atom. The molecule has 1 unspecified atom stereocenters. The molecule has 0 aromatic heterocycles. The van der Waals surface area contributed by atoms with Crippen LogP contribution < -0.4 is 10.1 Å². The Morgan fingerprint density at radius 1 is 1.47 bits per heavy atom. The first kappa shape index (κ1) is 14.9. The molecule has 0 aliphatic rings. The van der Waals surface area contributed by atoms with Crippen LogP contribution in [0.3, 0.4) is 0 Å². The minimum absolute atomic E-state index is 0.0487. The maximum atomic E-state index is 13.2. The number of ether oxygens (including phenoxy) is 1. The monoisotopic (exact) mass is 269 g/mol. The van der Waals surface area contributed by atoms with E-state index in [1.54, 1.807) is 0 Å². The summed E-state index contributed by atoms with van der Waals surface area (Å²) < 4.78 is 18.3. The number of carboxylic acids is 1. The Labute approximate surface area is 110 Å². The molecule has 104 valence electrons. The lowest BCUT2D eigenvalue weighted by molar-refractivity contribution is -0.139. The molecule has 1 rings (SSSR count). The number of methoxy groups -OCH3 is 1. The number of aliphatic carboxylic acids is 1. The van der Waals surface area contributed by atoms with Crippen LogP contribution in [0.5, 0.6) is 5.75 Å². The number of carbonyl (C=O) groups excluding carboxylic acids is 1. The van der Waals surface area contributed by atoms with Crippen LogP contribution in [0, 0.1) is 5.82 Å². The predicted octanol–water partition coefficient (Wildman–Crippen LogP) is 1.53. The molecule has 1 aromatic rings. The third-order valence-electron chi connectivity index (χ3n) is 2.80. The van der Waals surface area contributed by atoms with Gasteiger partial charge in [0.25, 0.3) is 0 Å². The lowest BCUT2D eigenvalue weighted by Crippen LogP contribution is -2.20. The van der Waals surface area contributed by atoms with Gasteiger partial charge in [0.05, 0.1) is 13.0 Å². The molecule has 2 N–H and O–H groups in total. The maximum absolute atomic E-state index is 13.2. The standard InChI is InChI=1S/C13H16FNO4/c1-15-12(16)6-4-9(13(17)18)10-7-8(14)3-5-11(10)19-2/h3,5,7,9H,4,6H2,1-2H3,(H,15,16)(H,17,18). The number of hydrogen-bond donors (Lipinski definition) is 2. The van der Waals surface area contributed by atoms with Crippen molar-refractivity contribution in [2.24, 2.45) is 0 Å². The van der Waals surface area contributed by atoms with Crippen molar-refractivity contribution in [3.63, 3.8) is 0 Å². The first-order valence-corrected chi connectivity index (χ1v) is 5.76. The molecule has 1 amide bonds. The van der Waals surface area contributed by atoms with Gasteiger partial charge in [0.1, 0.15) is 11.6 Å². The summed E-state index contributed by atoms with van der Waals surface area (Å²) in [5.74, 6) is -2.61. The molecular formula is C13H16FNO4. The molecule has 0 aliphatic heterocycles. The molecule has 1 aromatic carbocycles. The SMILES string of the molecule is CNC(=O)CCC(C(=O)O)c1cc(F)ccc1OC. The number of amides is 1. The van der Waals surface area contributed by atoms with E-state index in [0.717, 1.165) is 6.07 Å². The average molecular weight is 269 g/mol. The van der Waals surface area contributed by atoms with Gasteiger partial charge in [-0.2, -0.15) is 0 Å². The Kier molecular flexibility index (Phi) is 5.29. The van der Waals surface area contributed by atoms with Gasteiger partial charge in [-0.15, -0.1) is 0 Å². The minimum Gasteiger partial charge on any atom is -0.496 e. The van der Waals surface area contributed by atoms with Crippen molar-refractivity contribution in [3.05, 3.63) is 29.6 Å². The lowest BCUT2D eigenvalue weighted by atomic mass is 9.93. The Bertz CT molecular complexity index is 476. The van der Waals surface area contributed by atoms with Crippen LogP contribution in [0.2, 0.25) is 0 Å². The molecule has 6 heteroatoms. The third-order valence-corrected chi connectivity index (χ3v) is 2.80. The summed E-state index contributed by atoms with van der Waals surface area (Å²) in [7, 11) is 2.86. The van der Waals surface area contributed by atoms with Gasteiger partial charge in [0.2, 0.25) is 5.91 Å². The Morgan fingerprint density at radius 2 is 2.16 bits per heavy atom. The van der Waals surface area contributed by atoms with Gasteiger partial charge in [-0.3, -0.25) is 9.59 Å². The summed E-state index contributed by atoms with van der Waals surface area (Å²) in [6.07, 6.45) is 0.127. The second-order valence-corrected chi connectivity index (χ2v) is 3.99. The fraction of sp³-hybridized carbons (Fsp3) is 0.385. The van der Waals surface area contributed by atoms with E-state index in [2.05, 4.69) is 5.32 Å². The number of nitrogens with one attached hydrogen (secondary N) is 1. The van der Waals surface area contributed by atoms with E-state index in [1.807, 2.05) is 0 Å². The highest BCUT2D eigenvalue weighted by Gasteiger charge is 2.24. The summed E-state index contributed by atoms with van der Waals surface area (Å²) in [4.78, 5) is 22.5. The molecule has 5 nitrogen and oxygen atoms in total. The van der Waals surface area contributed by atoms with Crippen LogP contribution in [0.25, 0.3) is 0 Å². The topological polar surface area (TPSA) is 75.6 Å². The Balaban J connectivity index is 3.01. The average Bonchev–Trinajstić information content (AvgIpc) is 2.38. The summed E-state index contributed by atoms with van der Waals surface area (Å²) in [6, 6.07) is 3.70. The molecular weight excluding hydrogens is 253 g/mol. The largest absolute Gasteiger partial charge is 0.496 e. The van der Waals surface area contributed by atoms with E-state index >= 15 is 0 Å². The van der Waals surface area contributed by atoms with Gasteiger partial charge in [0, 0.05) is 19.0 Å². The number of benzene rings is 1. The highest BCUT2D eigenvalue weighted by atomic mass is 19.1. The quantitative estimate of drug-likeness (QED) is 0.821. The zero-order chi connectivity index (χ0) is 14.4. The summed E-state index contributed by atoms with van der Waals surface area (Å²) in [6.45, 7) is 0. The number of carboxylic acid groups (broad SMARTS) is 1. The molecule has 0 aliphatic carbocycles. The van der Waals surface area contributed by atoms with Crippen LogP contribution in [-0.4, -0.2) is 31.1 Å². The highest BCUT2D eigenvalue weighted by Crippen LogP contribution is 2.30. The molecule has 0 radical (unpaired) electrons. The molecule has 1 atom stereocenters. The molecule has 19 heavy (non-hydrogen) atoms. The molecule has 0 heterocycles. The van der Waals surface area contributed by atoms with Gasteiger partial charge >= 0.3 is 5.97 Å². The second kappa shape index (κ2) is 6.72. The molecule has 0 spiro atoms. The second-order valence-electron chi connectivity index (χ2n) is 3.99. The summed E-state index contributed by atoms with van der Waals surface area (Å²) in [5.41, 5.74) is 0.235. The van der Waals surface area contributed by atoms with Crippen molar-refractivity contribution in [2.75, 3.05) is 14.2 Å². The number of carbonyl (C=O) groups is 2. The van der Waals surface area contributed by atoms with Crippen molar-refractivity contribution in [2.45, 2.75) is 18.8 Å². The third kappa shape index (κ3) is 3.94. The maximum Gasteiger partial charge on any atom is 0.311 e. The fourth-order valence-corrected chi connectivity index (χ4v) is 1.79. The minimum atomic E-state index is -1.12. The zero-order valence-corrected chi connectivity index (χ0v) is 10.8. The van der Waals surface area contributed by atoms with Crippen molar-refractivity contribution < 1.29 is 23.8 Å². The highest BCUT2D eigenvalue weighted by molar-refractivity contribution is 5.80. The first-order valence-electron chi connectivity index (χ1n) is 5.76. The van der Waals surface area contributed by atoms with Crippen molar-refractivity contribution in [1.29, 1.82) is 0 Å². The van der Waals surface area contributed by atoms with E-state index in [0.29, 0.717) is 5.75 Å². The molecule has 0 fully saturated rings. The van der Waals surface area contributed by atoms with Crippen molar-refractivity contribution in [1.82, 2.24) is 5.32 Å². The normalized spacial score (nSPS) is 11.7. The number of hydrogen-bond acceptors (Lipinski definition) is 3. The van der Waals surface area contributed by atoms with Crippen LogP contribution >= 0.6 is 0 Å². The lowest BCUT2D eigenvalue weighted by Gasteiger charge is -2.15. The smallest absolute Gasteiger partial charge is 0.311 e. The van der Waals surface area contributed by atoms with E-state index < -0.39 is 17.7 Å². The number of halogens is 1. The number of rotatable bonds is 6. The van der Waals surface area contributed by atoms with Crippen molar-refractivity contribution in [3.8, 4) is 5.75 Å². The van der Waals surface area contributed by atoms with Crippen molar-refractivity contribution >= 4 is 11.9 Å². The predicted molar refractivity (Wildman–Crippen MR) is 66.6 cm³/mol. The van der Waals surface area contributed by atoms with E-state index in [4.69, 9.17) is 4.74 Å². The molecule has 0 saturated heterocycles. The van der Waals surface area contributed by atoms with Gasteiger partial charge in [-0.05, 0) is 24.6 Å². The van der Waals surface area contributed by atoms with E-state index in [9.17, 15) is 19.1 Å². The van der Waals surface area contributed by atoms with E-state index in [1.165, 1.54) is 26.3 Å². The molecule has 0 saturated carbocycles. The van der Waals surface area contributed by atoms with Gasteiger partial charge in [0.15, 0.2) is 0 Å². The van der Waals surface area contributed by atoms with Crippen LogP contribution in [0.1, 0.15) is 24.3 Å². The summed E-state index contributed by atoms with van der Waals surface area (Å²) in [5, 5.41) is 11.6. The van der Waals surface area contributed by atoms with Crippen LogP contribution in [0.4, 0.5) is 4.39 Å². The Hall–Kier alpha value is -2.11. The van der Waals surface area contributed by atoms with Gasteiger partial charge in [-0.1, -0.05) is 0 Å². The zero-order valence-electron chi connectivity index (χ0n) is 10.8. The molecule has 0 bridgehead atoms. The van der Waals surface area contributed by atoms with Gasteiger partial charge < -0.3 is 15.2 Å². The van der Waals surface area contributed by atoms with Crippen LogP contribution in [0.15, 0.2) is 18.2 Å². The van der Waals surface area contributed by atoms with Crippen LogP contribution in [-0.2, 0) is 9.59 Å².